The average molecular weight is 221 g/mol. The Hall–Kier alpha value is -1.39. The maximum atomic E-state index is 11.8. The Balaban J connectivity index is 2.08. The van der Waals surface area contributed by atoms with Gasteiger partial charge in [-0.05, 0) is 24.6 Å². The fourth-order valence-electron chi connectivity index (χ4n) is 1.59. The number of hydrogen-bond acceptors (Lipinski definition) is 4. The lowest BCUT2D eigenvalue weighted by Crippen LogP contribution is -2.38. The zero-order valence-corrected chi connectivity index (χ0v) is 9.02. The minimum atomic E-state index is -0.280. The number of nitrogens with two attached hydrogens (primary N) is 1. The molecule has 1 aliphatic heterocycles. The van der Waals surface area contributed by atoms with Crippen LogP contribution in [0.4, 0.5) is 0 Å². The fraction of sp³-hybridized carbons (Fsp3) is 0.417. The van der Waals surface area contributed by atoms with E-state index in [1.165, 1.54) is 0 Å². The Kier molecular flexibility index (Phi) is 3.54. The van der Waals surface area contributed by atoms with Crippen LogP contribution in [0, 0.1) is 0 Å². The molecule has 0 bridgehead atoms. The van der Waals surface area contributed by atoms with Crippen LogP contribution in [0.1, 0.15) is 15.9 Å². The molecule has 4 nitrogen and oxygen atoms in total. The van der Waals surface area contributed by atoms with Gasteiger partial charge in [0.1, 0.15) is 6.10 Å². The number of rotatable bonds is 4. The zero-order chi connectivity index (χ0) is 11.4. The van der Waals surface area contributed by atoms with Crippen LogP contribution in [0.2, 0.25) is 0 Å². The van der Waals surface area contributed by atoms with Crippen LogP contribution in [-0.2, 0) is 15.9 Å². The Morgan fingerprint density at radius 2 is 2.19 bits per heavy atom. The molecule has 1 aliphatic rings. The van der Waals surface area contributed by atoms with Crippen LogP contribution in [0.3, 0.4) is 0 Å². The van der Waals surface area contributed by atoms with Gasteiger partial charge in [0.05, 0.1) is 18.8 Å². The number of hydrogen-bond donors (Lipinski definition) is 1. The highest BCUT2D eigenvalue weighted by Gasteiger charge is 2.24. The number of esters is 1. The van der Waals surface area contributed by atoms with Crippen molar-refractivity contribution >= 4 is 5.97 Å². The summed E-state index contributed by atoms with van der Waals surface area (Å²) in [6.07, 6.45) is 0.602. The summed E-state index contributed by atoms with van der Waals surface area (Å²) in [7, 11) is 0. The Morgan fingerprint density at radius 3 is 2.81 bits per heavy atom. The number of carbonyl (C=O) groups is 1. The van der Waals surface area contributed by atoms with Gasteiger partial charge in [0.2, 0.25) is 0 Å². The van der Waals surface area contributed by atoms with E-state index in [0.717, 1.165) is 5.56 Å². The van der Waals surface area contributed by atoms with Crippen LogP contribution in [0.5, 0.6) is 0 Å². The maximum absolute atomic E-state index is 11.8. The van der Waals surface area contributed by atoms with E-state index in [0.29, 0.717) is 31.7 Å². The summed E-state index contributed by atoms with van der Waals surface area (Å²) in [5.74, 6) is -0.280. The van der Waals surface area contributed by atoms with Crippen molar-refractivity contribution < 1.29 is 14.3 Å². The van der Waals surface area contributed by atoms with Crippen molar-refractivity contribution in [2.45, 2.75) is 12.5 Å². The average Bonchev–Trinajstić information content (AvgIpc) is 2.24. The minimum Gasteiger partial charge on any atom is -0.454 e. The van der Waals surface area contributed by atoms with E-state index in [4.69, 9.17) is 15.2 Å². The molecule has 1 saturated heterocycles. The second-order valence-corrected chi connectivity index (χ2v) is 3.76. The van der Waals surface area contributed by atoms with Gasteiger partial charge in [0, 0.05) is 0 Å². The Bertz CT molecular complexity index is 374. The van der Waals surface area contributed by atoms with Crippen LogP contribution in [0.25, 0.3) is 0 Å². The third-order valence-corrected chi connectivity index (χ3v) is 2.53. The first-order chi connectivity index (χ1) is 7.81. The summed E-state index contributed by atoms with van der Waals surface area (Å²) in [6, 6.07) is 7.40. The molecule has 0 saturated carbocycles. The maximum Gasteiger partial charge on any atom is 0.338 e. The standard InChI is InChI=1S/C12H15NO3/c13-6-5-9-3-1-2-4-11(9)12(14)16-10-7-15-8-10/h1-4,10H,5-8,13H2. The summed E-state index contributed by atoms with van der Waals surface area (Å²) in [5.41, 5.74) is 7.05. The number of carbonyl (C=O) groups excluding carboxylic acids is 1. The molecule has 2 N–H and O–H groups in total. The lowest BCUT2D eigenvalue weighted by molar-refractivity contribution is -0.103. The van der Waals surface area contributed by atoms with Gasteiger partial charge in [-0.3, -0.25) is 0 Å². The molecule has 1 heterocycles. The largest absolute Gasteiger partial charge is 0.454 e. The molecule has 1 aromatic carbocycles. The van der Waals surface area contributed by atoms with Gasteiger partial charge in [-0.2, -0.15) is 0 Å². The van der Waals surface area contributed by atoms with E-state index in [2.05, 4.69) is 0 Å². The molecule has 86 valence electrons. The predicted molar refractivity (Wildman–Crippen MR) is 59.2 cm³/mol. The van der Waals surface area contributed by atoms with Gasteiger partial charge in [0.15, 0.2) is 0 Å². The highest BCUT2D eigenvalue weighted by atomic mass is 16.6. The number of ether oxygens (including phenoxy) is 2. The quantitative estimate of drug-likeness (QED) is 0.762. The molecule has 2 rings (SSSR count). The molecule has 0 radical (unpaired) electrons. The normalized spacial score (nSPS) is 15.6. The first-order valence-electron chi connectivity index (χ1n) is 5.38. The molecule has 1 fully saturated rings. The monoisotopic (exact) mass is 221 g/mol. The Labute approximate surface area is 94.3 Å². The SMILES string of the molecule is NCCc1ccccc1C(=O)OC1COC1. The second-order valence-electron chi connectivity index (χ2n) is 3.76. The Morgan fingerprint density at radius 1 is 1.44 bits per heavy atom. The lowest BCUT2D eigenvalue weighted by Gasteiger charge is -2.25. The third kappa shape index (κ3) is 2.40. The van der Waals surface area contributed by atoms with E-state index in [9.17, 15) is 4.79 Å². The van der Waals surface area contributed by atoms with Crippen molar-refractivity contribution in [3.63, 3.8) is 0 Å². The van der Waals surface area contributed by atoms with Gasteiger partial charge in [-0.15, -0.1) is 0 Å². The smallest absolute Gasteiger partial charge is 0.338 e. The van der Waals surface area contributed by atoms with Crippen molar-refractivity contribution in [3.05, 3.63) is 35.4 Å². The highest BCUT2D eigenvalue weighted by Crippen LogP contribution is 2.14. The molecule has 0 unspecified atom stereocenters. The molecule has 0 spiro atoms. The summed E-state index contributed by atoms with van der Waals surface area (Å²) in [5, 5.41) is 0. The lowest BCUT2D eigenvalue weighted by atomic mass is 10.0. The summed E-state index contributed by atoms with van der Waals surface area (Å²) in [6.45, 7) is 1.53. The van der Waals surface area contributed by atoms with Gasteiger partial charge < -0.3 is 15.2 Å². The van der Waals surface area contributed by atoms with Gasteiger partial charge in [0.25, 0.3) is 0 Å². The van der Waals surface area contributed by atoms with Crippen molar-refractivity contribution in [3.8, 4) is 0 Å². The molecule has 1 aromatic rings. The first kappa shape index (κ1) is 11.1. The molecule has 0 aliphatic carbocycles. The van der Waals surface area contributed by atoms with Crippen LogP contribution in [0.15, 0.2) is 24.3 Å². The van der Waals surface area contributed by atoms with E-state index in [1.807, 2.05) is 18.2 Å². The van der Waals surface area contributed by atoms with Crippen molar-refractivity contribution in [1.82, 2.24) is 0 Å². The van der Waals surface area contributed by atoms with E-state index in [-0.39, 0.29) is 12.1 Å². The van der Waals surface area contributed by atoms with Gasteiger partial charge in [-0.25, -0.2) is 4.79 Å². The fourth-order valence-corrected chi connectivity index (χ4v) is 1.59. The third-order valence-electron chi connectivity index (χ3n) is 2.53. The van der Waals surface area contributed by atoms with Crippen LogP contribution < -0.4 is 5.73 Å². The highest BCUT2D eigenvalue weighted by molar-refractivity contribution is 5.91. The first-order valence-corrected chi connectivity index (χ1v) is 5.38. The van der Waals surface area contributed by atoms with E-state index < -0.39 is 0 Å². The van der Waals surface area contributed by atoms with Gasteiger partial charge in [-0.1, -0.05) is 18.2 Å². The van der Waals surface area contributed by atoms with E-state index in [1.54, 1.807) is 6.07 Å². The molecular formula is C12H15NO3. The molecule has 4 heteroatoms. The summed E-state index contributed by atoms with van der Waals surface area (Å²) in [4.78, 5) is 11.8. The van der Waals surface area contributed by atoms with Gasteiger partial charge >= 0.3 is 5.97 Å². The second kappa shape index (κ2) is 5.09. The summed E-state index contributed by atoms with van der Waals surface area (Å²) < 4.78 is 10.2. The molecule has 0 atom stereocenters. The molecular weight excluding hydrogens is 206 g/mol. The molecule has 0 amide bonds. The van der Waals surface area contributed by atoms with E-state index >= 15 is 0 Å². The topological polar surface area (TPSA) is 61.6 Å². The molecule has 16 heavy (non-hydrogen) atoms. The van der Waals surface area contributed by atoms with Crippen molar-refractivity contribution in [2.24, 2.45) is 5.73 Å². The zero-order valence-electron chi connectivity index (χ0n) is 9.02. The molecule has 0 aromatic heterocycles. The van der Waals surface area contributed by atoms with Crippen molar-refractivity contribution in [1.29, 1.82) is 0 Å². The summed E-state index contributed by atoms with van der Waals surface area (Å²) >= 11 is 0. The van der Waals surface area contributed by atoms with Crippen LogP contribution in [-0.4, -0.2) is 31.8 Å². The minimum absolute atomic E-state index is 0.0848. The predicted octanol–water partition coefficient (Wildman–Crippen LogP) is 0.743. The van der Waals surface area contributed by atoms with Crippen molar-refractivity contribution in [2.75, 3.05) is 19.8 Å². The van der Waals surface area contributed by atoms with Crippen LogP contribution >= 0.6 is 0 Å². The number of benzene rings is 1.